The summed E-state index contributed by atoms with van der Waals surface area (Å²) in [5.74, 6) is 0. The summed E-state index contributed by atoms with van der Waals surface area (Å²) in [7, 11) is -2.93. The molecule has 4 nitrogen and oxygen atoms in total. The predicted octanol–water partition coefficient (Wildman–Crippen LogP) is -0.369. The summed E-state index contributed by atoms with van der Waals surface area (Å²) < 4.78 is 23.9. The van der Waals surface area contributed by atoms with Gasteiger partial charge < -0.3 is 5.32 Å². The van der Waals surface area contributed by atoms with Crippen molar-refractivity contribution in [2.45, 2.75) is 12.8 Å². The number of hydrogen-bond donors (Lipinski definition) is 1. The molecule has 0 radical (unpaired) electrons. The Kier molecular flexibility index (Phi) is 2.13. The Morgan fingerprint density at radius 1 is 1.23 bits per heavy atom. The number of nitrogens with zero attached hydrogens (tertiary/aromatic N) is 1. The first-order valence-electron chi connectivity index (χ1n) is 4.68. The lowest BCUT2D eigenvalue weighted by Crippen LogP contribution is -2.61. The molecule has 2 aliphatic heterocycles. The van der Waals surface area contributed by atoms with Gasteiger partial charge in [-0.3, -0.25) is 0 Å². The number of nitrogens with one attached hydrogen (secondary N) is 1. The third-order valence-corrected chi connectivity index (χ3v) is 4.35. The number of hydrogen-bond acceptors (Lipinski definition) is 3. The van der Waals surface area contributed by atoms with E-state index in [0.29, 0.717) is 5.41 Å². The van der Waals surface area contributed by atoms with Crippen LogP contribution in [0.1, 0.15) is 12.8 Å². The van der Waals surface area contributed by atoms with Crippen LogP contribution < -0.4 is 5.32 Å². The van der Waals surface area contributed by atoms with E-state index in [2.05, 4.69) is 5.32 Å². The molecule has 0 unspecified atom stereocenters. The molecule has 76 valence electrons. The fourth-order valence-electron chi connectivity index (χ4n) is 2.21. The zero-order chi connectivity index (χ0) is 9.53. The van der Waals surface area contributed by atoms with Crippen molar-refractivity contribution in [1.82, 2.24) is 9.62 Å². The average molecular weight is 204 g/mol. The first-order chi connectivity index (χ1) is 6.02. The summed E-state index contributed by atoms with van der Waals surface area (Å²) in [6.45, 7) is 3.57. The maximum Gasteiger partial charge on any atom is 0.211 e. The molecule has 2 rings (SSSR count). The molecule has 13 heavy (non-hydrogen) atoms. The van der Waals surface area contributed by atoms with E-state index in [1.165, 1.54) is 6.26 Å². The second-order valence-corrected chi connectivity index (χ2v) is 6.26. The highest BCUT2D eigenvalue weighted by molar-refractivity contribution is 7.88. The Morgan fingerprint density at radius 2 is 1.77 bits per heavy atom. The molecule has 0 amide bonds. The van der Waals surface area contributed by atoms with E-state index in [4.69, 9.17) is 0 Å². The third-order valence-electron chi connectivity index (χ3n) is 3.16. The highest BCUT2D eigenvalue weighted by Gasteiger charge is 2.46. The van der Waals surface area contributed by atoms with Crippen LogP contribution in [-0.2, 0) is 10.0 Å². The van der Waals surface area contributed by atoms with Crippen LogP contribution in [0.5, 0.6) is 0 Å². The normalized spacial score (nSPS) is 28.7. The predicted molar refractivity (Wildman–Crippen MR) is 51.0 cm³/mol. The van der Waals surface area contributed by atoms with Crippen molar-refractivity contribution in [3.05, 3.63) is 0 Å². The minimum Gasteiger partial charge on any atom is -0.317 e. The van der Waals surface area contributed by atoms with E-state index < -0.39 is 10.0 Å². The van der Waals surface area contributed by atoms with E-state index in [1.807, 2.05) is 0 Å². The van der Waals surface area contributed by atoms with Crippen LogP contribution in [0.2, 0.25) is 0 Å². The van der Waals surface area contributed by atoms with Crippen molar-refractivity contribution in [3.8, 4) is 0 Å². The molecule has 2 aliphatic rings. The van der Waals surface area contributed by atoms with Crippen LogP contribution in [0.25, 0.3) is 0 Å². The zero-order valence-corrected chi connectivity index (χ0v) is 8.73. The first-order valence-corrected chi connectivity index (χ1v) is 6.53. The number of piperidine rings is 1. The van der Waals surface area contributed by atoms with Crippen LogP contribution >= 0.6 is 0 Å². The highest BCUT2D eigenvalue weighted by atomic mass is 32.2. The summed E-state index contributed by atoms with van der Waals surface area (Å²) in [6, 6.07) is 0. The molecule has 0 aliphatic carbocycles. The molecule has 2 fully saturated rings. The van der Waals surface area contributed by atoms with Crippen LogP contribution in [0, 0.1) is 5.41 Å². The summed E-state index contributed by atoms with van der Waals surface area (Å²) in [4.78, 5) is 0. The van der Waals surface area contributed by atoms with Crippen LogP contribution in [0.4, 0.5) is 0 Å². The zero-order valence-electron chi connectivity index (χ0n) is 7.91. The number of sulfonamides is 1. The first kappa shape index (κ1) is 9.43. The molecule has 2 heterocycles. The summed E-state index contributed by atoms with van der Waals surface area (Å²) in [6.07, 6.45) is 3.54. The molecule has 0 atom stereocenters. The van der Waals surface area contributed by atoms with E-state index in [-0.39, 0.29) is 0 Å². The van der Waals surface area contributed by atoms with Crippen molar-refractivity contribution in [3.63, 3.8) is 0 Å². The van der Waals surface area contributed by atoms with Crippen molar-refractivity contribution in [2.75, 3.05) is 32.4 Å². The maximum absolute atomic E-state index is 11.1. The van der Waals surface area contributed by atoms with Gasteiger partial charge in [-0.1, -0.05) is 0 Å². The topological polar surface area (TPSA) is 49.4 Å². The monoisotopic (exact) mass is 204 g/mol. The van der Waals surface area contributed by atoms with Crippen molar-refractivity contribution in [2.24, 2.45) is 5.41 Å². The fourth-order valence-corrected chi connectivity index (χ4v) is 3.23. The third kappa shape index (κ3) is 1.73. The molecule has 2 saturated heterocycles. The van der Waals surface area contributed by atoms with Gasteiger partial charge in [-0.15, -0.1) is 0 Å². The van der Waals surface area contributed by atoms with Gasteiger partial charge in [0.15, 0.2) is 0 Å². The Morgan fingerprint density at radius 3 is 2.23 bits per heavy atom. The van der Waals surface area contributed by atoms with Gasteiger partial charge in [-0.05, 0) is 25.9 Å². The van der Waals surface area contributed by atoms with Crippen LogP contribution in [0.3, 0.4) is 0 Å². The Hall–Kier alpha value is -0.130. The molecule has 0 aromatic rings. The van der Waals surface area contributed by atoms with E-state index in [0.717, 1.165) is 39.0 Å². The molecule has 1 spiro atoms. The number of rotatable bonds is 1. The highest BCUT2D eigenvalue weighted by Crippen LogP contribution is 2.39. The molecular formula is C8H16N2O2S. The van der Waals surface area contributed by atoms with Crippen molar-refractivity contribution < 1.29 is 8.42 Å². The molecule has 0 saturated carbocycles. The van der Waals surface area contributed by atoms with Gasteiger partial charge in [0.05, 0.1) is 6.26 Å². The standard InChI is InChI=1S/C8H16N2O2S/c1-13(11,12)10-6-8(7-10)2-4-9-5-3-8/h9H,2-7H2,1H3. The lowest BCUT2D eigenvalue weighted by molar-refractivity contribution is 0.0379. The smallest absolute Gasteiger partial charge is 0.211 e. The summed E-state index contributed by atoms with van der Waals surface area (Å²) in [5.41, 5.74) is 0.314. The van der Waals surface area contributed by atoms with Gasteiger partial charge in [-0.25, -0.2) is 12.7 Å². The van der Waals surface area contributed by atoms with Gasteiger partial charge in [0.25, 0.3) is 0 Å². The maximum atomic E-state index is 11.1. The van der Waals surface area contributed by atoms with Crippen molar-refractivity contribution >= 4 is 10.0 Å². The SMILES string of the molecule is CS(=O)(=O)N1CC2(CCNCC2)C1. The molecular weight excluding hydrogens is 188 g/mol. The molecule has 0 aromatic carbocycles. The van der Waals surface area contributed by atoms with Crippen molar-refractivity contribution in [1.29, 1.82) is 0 Å². The minimum atomic E-state index is -2.93. The summed E-state index contributed by atoms with van der Waals surface area (Å²) in [5, 5.41) is 3.29. The van der Waals surface area contributed by atoms with Gasteiger partial charge in [-0.2, -0.15) is 0 Å². The largest absolute Gasteiger partial charge is 0.317 e. The lowest BCUT2D eigenvalue weighted by Gasteiger charge is -2.51. The van der Waals surface area contributed by atoms with Gasteiger partial charge in [0, 0.05) is 18.5 Å². The van der Waals surface area contributed by atoms with Gasteiger partial charge in [0.2, 0.25) is 10.0 Å². The lowest BCUT2D eigenvalue weighted by atomic mass is 9.74. The Balaban J connectivity index is 1.96. The quantitative estimate of drug-likeness (QED) is 0.634. The van der Waals surface area contributed by atoms with E-state index in [1.54, 1.807) is 4.31 Å². The summed E-state index contributed by atoms with van der Waals surface area (Å²) >= 11 is 0. The Labute approximate surface area is 79.4 Å². The van der Waals surface area contributed by atoms with Gasteiger partial charge in [0.1, 0.15) is 0 Å². The van der Waals surface area contributed by atoms with E-state index in [9.17, 15) is 8.42 Å². The second-order valence-electron chi connectivity index (χ2n) is 4.28. The molecule has 5 heteroatoms. The second kappa shape index (κ2) is 2.93. The molecule has 0 aromatic heterocycles. The molecule has 0 bridgehead atoms. The fraction of sp³-hybridized carbons (Fsp3) is 1.00. The van der Waals surface area contributed by atoms with Crippen LogP contribution in [0.15, 0.2) is 0 Å². The van der Waals surface area contributed by atoms with Gasteiger partial charge >= 0.3 is 0 Å². The minimum absolute atomic E-state index is 0.314. The average Bonchev–Trinajstić information content (AvgIpc) is 2.00. The Bertz CT molecular complexity index is 285. The van der Waals surface area contributed by atoms with E-state index >= 15 is 0 Å². The molecule has 1 N–H and O–H groups in total. The van der Waals surface area contributed by atoms with Crippen LogP contribution in [-0.4, -0.2) is 45.2 Å².